The lowest BCUT2D eigenvalue weighted by molar-refractivity contribution is 0.0730. The number of morpholine rings is 1. The standard InChI is InChI=1S/C11H13ClN2O3S2/c12-9-2-1-8(11(13)18)7-10(9)19(15,16)14-3-5-17-6-4-14/h1-2,7H,3-6H2,(H2,13,18). The molecule has 0 atom stereocenters. The highest BCUT2D eigenvalue weighted by Crippen LogP contribution is 2.26. The van der Waals surface area contributed by atoms with Crippen LogP contribution in [0.1, 0.15) is 5.56 Å². The van der Waals surface area contributed by atoms with E-state index in [4.69, 9.17) is 34.3 Å². The fourth-order valence-electron chi connectivity index (χ4n) is 1.78. The summed E-state index contributed by atoms with van der Waals surface area (Å²) in [6, 6.07) is 4.50. The van der Waals surface area contributed by atoms with Crippen LogP contribution < -0.4 is 5.73 Å². The van der Waals surface area contributed by atoms with Crippen LogP contribution in [0, 0.1) is 0 Å². The normalized spacial score (nSPS) is 17.3. The maximum Gasteiger partial charge on any atom is 0.244 e. The van der Waals surface area contributed by atoms with E-state index in [1.807, 2.05) is 0 Å². The number of nitrogens with two attached hydrogens (primary N) is 1. The van der Waals surface area contributed by atoms with Gasteiger partial charge in [0.25, 0.3) is 0 Å². The van der Waals surface area contributed by atoms with E-state index in [1.54, 1.807) is 6.07 Å². The van der Waals surface area contributed by atoms with Gasteiger partial charge in [-0.3, -0.25) is 0 Å². The highest BCUT2D eigenvalue weighted by atomic mass is 35.5. The number of thiocarbonyl (C=S) groups is 1. The number of halogens is 1. The monoisotopic (exact) mass is 320 g/mol. The lowest BCUT2D eigenvalue weighted by Gasteiger charge is -2.26. The molecule has 1 aliphatic heterocycles. The van der Waals surface area contributed by atoms with Crippen molar-refractivity contribution >= 4 is 38.8 Å². The Morgan fingerprint density at radius 3 is 2.58 bits per heavy atom. The van der Waals surface area contributed by atoms with Crippen LogP contribution in [-0.4, -0.2) is 44.0 Å². The molecular weight excluding hydrogens is 308 g/mol. The van der Waals surface area contributed by atoms with Crippen LogP contribution in [0.5, 0.6) is 0 Å². The fraction of sp³-hybridized carbons (Fsp3) is 0.364. The Kier molecular flexibility index (Phi) is 4.42. The summed E-state index contributed by atoms with van der Waals surface area (Å²) in [7, 11) is -3.64. The van der Waals surface area contributed by atoms with Crippen molar-refractivity contribution in [2.75, 3.05) is 26.3 Å². The molecule has 1 aliphatic rings. The summed E-state index contributed by atoms with van der Waals surface area (Å²) in [6.07, 6.45) is 0. The van der Waals surface area contributed by atoms with E-state index < -0.39 is 10.0 Å². The van der Waals surface area contributed by atoms with Gasteiger partial charge in [0.05, 0.1) is 18.2 Å². The predicted molar refractivity (Wildman–Crippen MR) is 76.9 cm³/mol. The van der Waals surface area contributed by atoms with Gasteiger partial charge in [-0.1, -0.05) is 29.9 Å². The zero-order chi connectivity index (χ0) is 14.0. The summed E-state index contributed by atoms with van der Waals surface area (Å²) >= 11 is 10.8. The highest BCUT2D eigenvalue weighted by Gasteiger charge is 2.28. The summed E-state index contributed by atoms with van der Waals surface area (Å²) in [5.74, 6) is 0. The predicted octanol–water partition coefficient (Wildman–Crippen LogP) is 0.995. The van der Waals surface area contributed by atoms with Gasteiger partial charge >= 0.3 is 0 Å². The van der Waals surface area contributed by atoms with Gasteiger partial charge in [-0.2, -0.15) is 4.31 Å². The molecule has 1 heterocycles. The van der Waals surface area contributed by atoms with Crippen LogP contribution >= 0.6 is 23.8 Å². The van der Waals surface area contributed by atoms with Crippen molar-refractivity contribution in [3.8, 4) is 0 Å². The molecule has 5 nitrogen and oxygen atoms in total. The van der Waals surface area contributed by atoms with Crippen molar-refractivity contribution in [3.63, 3.8) is 0 Å². The third kappa shape index (κ3) is 3.06. The van der Waals surface area contributed by atoms with Gasteiger partial charge in [0.2, 0.25) is 10.0 Å². The molecule has 0 bridgehead atoms. The van der Waals surface area contributed by atoms with Gasteiger partial charge in [-0.25, -0.2) is 8.42 Å². The Balaban J connectivity index is 2.44. The zero-order valence-corrected chi connectivity index (χ0v) is 12.4. The van der Waals surface area contributed by atoms with Gasteiger partial charge in [-0.15, -0.1) is 0 Å². The molecule has 0 saturated carbocycles. The first-order chi connectivity index (χ1) is 8.93. The Labute approximate surface area is 122 Å². The second-order valence-corrected chi connectivity index (χ2v) is 6.78. The van der Waals surface area contributed by atoms with Crippen LogP contribution in [0.3, 0.4) is 0 Å². The topological polar surface area (TPSA) is 72.6 Å². The number of sulfonamides is 1. The molecule has 104 valence electrons. The summed E-state index contributed by atoms with van der Waals surface area (Å²) in [6.45, 7) is 1.39. The second-order valence-electron chi connectivity index (χ2n) is 4.03. The number of ether oxygens (including phenoxy) is 1. The molecule has 0 aliphatic carbocycles. The first kappa shape index (κ1) is 14.7. The highest BCUT2D eigenvalue weighted by molar-refractivity contribution is 7.89. The second kappa shape index (κ2) is 5.72. The minimum absolute atomic E-state index is 0.0290. The van der Waals surface area contributed by atoms with Crippen molar-refractivity contribution in [1.29, 1.82) is 0 Å². The van der Waals surface area contributed by atoms with Gasteiger partial charge in [0.1, 0.15) is 9.88 Å². The smallest absolute Gasteiger partial charge is 0.244 e. The number of hydrogen-bond acceptors (Lipinski definition) is 4. The van der Waals surface area contributed by atoms with Crippen molar-refractivity contribution < 1.29 is 13.2 Å². The van der Waals surface area contributed by atoms with Gasteiger partial charge < -0.3 is 10.5 Å². The molecule has 2 rings (SSSR count). The van der Waals surface area contributed by atoms with E-state index in [9.17, 15) is 8.42 Å². The van der Waals surface area contributed by atoms with Gasteiger partial charge in [0.15, 0.2) is 0 Å². The first-order valence-corrected chi connectivity index (χ1v) is 7.83. The minimum Gasteiger partial charge on any atom is -0.389 e. The summed E-state index contributed by atoms with van der Waals surface area (Å²) in [5.41, 5.74) is 5.99. The van der Waals surface area contributed by atoms with Crippen LogP contribution in [0.25, 0.3) is 0 Å². The average Bonchev–Trinajstić information content (AvgIpc) is 2.39. The quantitative estimate of drug-likeness (QED) is 0.841. The van der Waals surface area contributed by atoms with E-state index in [2.05, 4.69) is 0 Å². The molecule has 2 N–H and O–H groups in total. The third-order valence-corrected chi connectivity index (χ3v) is 5.42. The first-order valence-electron chi connectivity index (χ1n) is 5.60. The number of hydrogen-bond donors (Lipinski definition) is 1. The SMILES string of the molecule is NC(=S)c1ccc(Cl)c(S(=O)(=O)N2CCOCC2)c1. The average molecular weight is 321 g/mol. The molecule has 0 aromatic heterocycles. The number of nitrogens with zero attached hydrogens (tertiary/aromatic N) is 1. The molecule has 1 saturated heterocycles. The van der Waals surface area contributed by atoms with Crippen molar-refractivity contribution in [2.24, 2.45) is 5.73 Å². The lowest BCUT2D eigenvalue weighted by Crippen LogP contribution is -2.40. The van der Waals surface area contributed by atoms with Gasteiger partial charge in [-0.05, 0) is 12.1 Å². The minimum atomic E-state index is -3.64. The van der Waals surface area contributed by atoms with Crippen LogP contribution in [0.15, 0.2) is 23.1 Å². The van der Waals surface area contributed by atoms with E-state index in [-0.39, 0.29) is 14.9 Å². The number of benzene rings is 1. The maximum atomic E-state index is 12.5. The Bertz CT molecular complexity index is 598. The van der Waals surface area contributed by atoms with Gasteiger partial charge in [0, 0.05) is 18.7 Å². The molecule has 0 unspecified atom stereocenters. The summed E-state index contributed by atoms with van der Waals surface area (Å²) in [5, 5.41) is 0.159. The Morgan fingerprint density at radius 2 is 2.00 bits per heavy atom. The molecular formula is C11H13ClN2O3S2. The van der Waals surface area contributed by atoms with E-state index in [0.29, 0.717) is 31.9 Å². The Morgan fingerprint density at radius 1 is 1.37 bits per heavy atom. The summed E-state index contributed by atoms with van der Waals surface area (Å²) in [4.78, 5) is 0.163. The number of rotatable bonds is 3. The van der Waals surface area contributed by atoms with Crippen LogP contribution in [0.4, 0.5) is 0 Å². The van der Waals surface area contributed by atoms with Crippen molar-refractivity contribution in [2.45, 2.75) is 4.90 Å². The zero-order valence-electron chi connectivity index (χ0n) is 10.0. The molecule has 1 aromatic carbocycles. The fourth-order valence-corrected chi connectivity index (χ4v) is 3.82. The Hall–Kier alpha value is -0.730. The van der Waals surface area contributed by atoms with E-state index >= 15 is 0 Å². The van der Waals surface area contributed by atoms with E-state index in [0.717, 1.165) is 0 Å². The van der Waals surface area contributed by atoms with Crippen molar-refractivity contribution in [3.05, 3.63) is 28.8 Å². The largest absolute Gasteiger partial charge is 0.389 e. The molecule has 0 radical (unpaired) electrons. The van der Waals surface area contributed by atoms with Crippen LogP contribution in [0.2, 0.25) is 5.02 Å². The van der Waals surface area contributed by atoms with Crippen molar-refractivity contribution in [1.82, 2.24) is 4.31 Å². The van der Waals surface area contributed by atoms with E-state index in [1.165, 1.54) is 16.4 Å². The molecule has 1 aromatic rings. The molecule has 8 heteroatoms. The van der Waals surface area contributed by atoms with Crippen LogP contribution in [-0.2, 0) is 14.8 Å². The molecule has 0 amide bonds. The maximum absolute atomic E-state index is 12.5. The third-order valence-electron chi connectivity index (χ3n) is 2.80. The molecule has 1 fully saturated rings. The molecule has 19 heavy (non-hydrogen) atoms. The molecule has 0 spiro atoms. The summed E-state index contributed by atoms with van der Waals surface area (Å²) < 4.78 is 31.5. The lowest BCUT2D eigenvalue weighted by atomic mass is 10.2.